The van der Waals surface area contributed by atoms with Crippen LogP contribution in [0.5, 0.6) is 0 Å². The number of amides is 1. The molecule has 3 heterocycles. The van der Waals surface area contributed by atoms with Gasteiger partial charge < -0.3 is 10.6 Å². The lowest BCUT2D eigenvalue weighted by Crippen LogP contribution is -2.58. The van der Waals surface area contributed by atoms with E-state index in [2.05, 4.69) is 61.8 Å². The lowest BCUT2D eigenvalue weighted by atomic mass is 9.99. The third kappa shape index (κ3) is 3.03. The first-order chi connectivity index (χ1) is 11.1. The van der Waals surface area contributed by atoms with Crippen LogP contribution in [0.4, 0.5) is 5.69 Å². The largest absolute Gasteiger partial charge is 0.351 e. The first kappa shape index (κ1) is 15.2. The highest BCUT2D eigenvalue weighted by molar-refractivity contribution is 9.10. The molecule has 2 aliphatic heterocycles. The minimum absolute atomic E-state index is 0.00979. The third-order valence-electron chi connectivity index (χ3n) is 4.50. The van der Waals surface area contributed by atoms with Crippen LogP contribution >= 0.6 is 27.3 Å². The molecule has 120 valence electrons. The van der Waals surface area contributed by atoms with E-state index >= 15 is 0 Å². The van der Waals surface area contributed by atoms with Crippen molar-refractivity contribution in [3.8, 4) is 0 Å². The van der Waals surface area contributed by atoms with Gasteiger partial charge in [0.1, 0.15) is 4.88 Å². The molecule has 0 bridgehead atoms. The topological polar surface area (TPSA) is 44.4 Å². The molecular weight excluding hydrogens is 374 g/mol. The molecule has 0 aliphatic carbocycles. The molecule has 1 aromatic heterocycles. The molecule has 2 N–H and O–H groups in total. The van der Waals surface area contributed by atoms with Gasteiger partial charge in [-0.3, -0.25) is 9.69 Å². The van der Waals surface area contributed by atoms with Crippen LogP contribution in [-0.4, -0.2) is 35.0 Å². The van der Waals surface area contributed by atoms with Crippen molar-refractivity contribution in [2.45, 2.75) is 16.9 Å². The molecule has 4 rings (SSSR count). The zero-order chi connectivity index (χ0) is 15.9. The summed E-state index contributed by atoms with van der Waals surface area (Å²) < 4.78 is -0.594. The molecule has 1 saturated heterocycles. The summed E-state index contributed by atoms with van der Waals surface area (Å²) in [6.07, 6.45) is 1.16. The smallest absolute Gasteiger partial charge is 0.265 e. The molecule has 6 heteroatoms. The SMILES string of the molecule is O=C1NC(Br)(CN2CCC(c3ccccc3)C2)Nc2ccsc21. The second kappa shape index (κ2) is 5.92. The third-order valence-corrected chi connectivity index (χ3v) is 6.06. The van der Waals surface area contributed by atoms with E-state index in [-0.39, 0.29) is 5.91 Å². The van der Waals surface area contributed by atoms with Crippen molar-refractivity contribution in [2.24, 2.45) is 0 Å². The van der Waals surface area contributed by atoms with E-state index in [1.165, 1.54) is 16.9 Å². The number of nitrogens with one attached hydrogen (secondary N) is 2. The van der Waals surface area contributed by atoms with E-state index < -0.39 is 4.57 Å². The zero-order valence-corrected chi connectivity index (χ0v) is 15.0. The van der Waals surface area contributed by atoms with Crippen molar-refractivity contribution >= 4 is 38.9 Å². The Labute approximate surface area is 148 Å². The maximum absolute atomic E-state index is 12.2. The molecule has 2 aromatic rings. The Hall–Kier alpha value is -1.37. The maximum Gasteiger partial charge on any atom is 0.265 e. The van der Waals surface area contributed by atoms with E-state index in [1.54, 1.807) is 0 Å². The Bertz CT molecular complexity index is 720. The van der Waals surface area contributed by atoms with Crippen LogP contribution in [0.15, 0.2) is 41.8 Å². The molecule has 0 radical (unpaired) electrons. The number of benzene rings is 1. The van der Waals surface area contributed by atoms with Crippen LogP contribution in [0.2, 0.25) is 0 Å². The number of halogens is 1. The summed E-state index contributed by atoms with van der Waals surface area (Å²) in [5.74, 6) is 0.563. The van der Waals surface area contributed by atoms with Crippen LogP contribution in [0.3, 0.4) is 0 Å². The quantitative estimate of drug-likeness (QED) is 0.621. The standard InChI is InChI=1S/C17H18BrN3OS/c18-17(19-14-7-9-23-15(14)16(22)20-17)11-21-8-6-13(10-21)12-4-2-1-3-5-12/h1-5,7,9,13,19H,6,8,10-11H2,(H,20,22). The number of nitrogens with zero attached hydrogens (tertiary/aromatic N) is 1. The van der Waals surface area contributed by atoms with Gasteiger partial charge in [0.05, 0.1) is 12.2 Å². The number of likely N-dealkylation sites (tertiary alicyclic amines) is 1. The molecule has 4 nitrogen and oxygen atoms in total. The Kier molecular flexibility index (Phi) is 3.91. The van der Waals surface area contributed by atoms with Gasteiger partial charge in [-0.1, -0.05) is 30.3 Å². The Morgan fingerprint density at radius 1 is 1.26 bits per heavy atom. The summed E-state index contributed by atoms with van der Waals surface area (Å²) in [6, 6.07) is 12.6. The molecule has 2 unspecified atom stereocenters. The second-order valence-electron chi connectivity index (χ2n) is 6.18. The minimum Gasteiger partial charge on any atom is -0.351 e. The Morgan fingerprint density at radius 3 is 2.91 bits per heavy atom. The van der Waals surface area contributed by atoms with Crippen LogP contribution in [0, 0.1) is 0 Å². The van der Waals surface area contributed by atoms with Gasteiger partial charge in [-0.25, -0.2) is 0 Å². The number of hydrogen-bond donors (Lipinski definition) is 2. The van der Waals surface area contributed by atoms with Crippen LogP contribution < -0.4 is 10.6 Å². The minimum atomic E-state index is -0.594. The van der Waals surface area contributed by atoms with E-state index in [0.717, 1.165) is 36.6 Å². The first-order valence-corrected chi connectivity index (χ1v) is 9.45. The highest BCUT2D eigenvalue weighted by atomic mass is 79.9. The number of thiophene rings is 1. The van der Waals surface area contributed by atoms with E-state index in [1.807, 2.05) is 11.4 Å². The Balaban J connectivity index is 1.44. The van der Waals surface area contributed by atoms with E-state index in [0.29, 0.717) is 5.92 Å². The highest BCUT2D eigenvalue weighted by Crippen LogP contribution is 2.34. The summed E-state index contributed by atoms with van der Waals surface area (Å²) in [5.41, 5.74) is 2.31. The summed E-state index contributed by atoms with van der Waals surface area (Å²) >= 11 is 5.16. The highest BCUT2D eigenvalue weighted by Gasteiger charge is 2.39. The predicted octanol–water partition coefficient (Wildman–Crippen LogP) is 3.44. The average molecular weight is 392 g/mol. The summed E-state index contributed by atoms with van der Waals surface area (Å²) in [4.78, 5) is 15.4. The molecule has 0 saturated carbocycles. The number of fused-ring (bicyclic) bond motifs is 1. The lowest BCUT2D eigenvalue weighted by molar-refractivity contribution is 0.0924. The number of carbonyl (C=O) groups is 1. The van der Waals surface area contributed by atoms with E-state index in [4.69, 9.17) is 0 Å². The normalized spacial score (nSPS) is 27.3. The summed E-state index contributed by atoms with van der Waals surface area (Å²) in [7, 11) is 0. The van der Waals surface area contributed by atoms with Crippen molar-refractivity contribution in [1.29, 1.82) is 0 Å². The number of alkyl halides is 1. The molecule has 1 fully saturated rings. The fourth-order valence-corrected chi connectivity index (χ4v) is 4.92. The van der Waals surface area contributed by atoms with Crippen molar-refractivity contribution < 1.29 is 4.79 Å². The summed E-state index contributed by atoms with van der Waals surface area (Å²) in [6.45, 7) is 2.80. The van der Waals surface area contributed by atoms with Gasteiger partial charge in [0.25, 0.3) is 5.91 Å². The molecule has 0 spiro atoms. The van der Waals surface area contributed by atoms with Crippen molar-refractivity contribution in [2.75, 3.05) is 25.0 Å². The molecule has 1 amide bonds. The predicted molar refractivity (Wildman–Crippen MR) is 97.3 cm³/mol. The van der Waals surface area contributed by atoms with Crippen molar-refractivity contribution in [1.82, 2.24) is 10.2 Å². The fraction of sp³-hybridized carbons (Fsp3) is 0.353. The summed E-state index contributed by atoms with van der Waals surface area (Å²) in [5, 5.41) is 8.41. The van der Waals surface area contributed by atoms with Gasteiger partial charge in [-0.15, -0.1) is 11.3 Å². The Morgan fingerprint density at radius 2 is 2.09 bits per heavy atom. The lowest BCUT2D eigenvalue weighted by Gasteiger charge is -2.37. The van der Waals surface area contributed by atoms with E-state index in [9.17, 15) is 4.79 Å². The van der Waals surface area contributed by atoms with Crippen LogP contribution in [0.25, 0.3) is 0 Å². The van der Waals surface area contributed by atoms with Crippen LogP contribution in [0.1, 0.15) is 27.6 Å². The zero-order valence-electron chi connectivity index (χ0n) is 12.6. The van der Waals surface area contributed by atoms with Gasteiger partial charge in [0, 0.05) is 6.54 Å². The maximum atomic E-state index is 12.2. The molecule has 23 heavy (non-hydrogen) atoms. The number of hydrogen-bond acceptors (Lipinski definition) is 4. The molecule has 1 aromatic carbocycles. The van der Waals surface area contributed by atoms with Gasteiger partial charge in [-0.2, -0.15) is 0 Å². The monoisotopic (exact) mass is 391 g/mol. The van der Waals surface area contributed by atoms with Crippen molar-refractivity contribution in [3.63, 3.8) is 0 Å². The van der Waals surface area contributed by atoms with Gasteiger partial charge in [0.2, 0.25) is 0 Å². The van der Waals surface area contributed by atoms with Gasteiger partial charge >= 0.3 is 0 Å². The first-order valence-electron chi connectivity index (χ1n) is 7.77. The molecule has 2 aliphatic rings. The second-order valence-corrected chi connectivity index (χ2v) is 8.44. The molecule has 2 atom stereocenters. The van der Waals surface area contributed by atoms with Gasteiger partial charge in [-0.05, 0) is 51.8 Å². The number of anilines is 1. The number of rotatable bonds is 3. The fourth-order valence-electron chi connectivity index (χ4n) is 3.43. The average Bonchev–Trinajstić information content (AvgIpc) is 3.17. The molecular formula is C17H18BrN3OS. The van der Waals surface area contributed by atoms with Gasteiger partial charge in [0.15, 0.2) is 4.57 Å². The van der Waals surface area contributed by atoms with Crippen LogP contribution in [-0.2, 0) is 0 Å². The number of carbonyl (C=O) groups excluding carboxylic acids is 1. The van der Waals surface area contributed by atoms with Crippen molar-refractivity contribution in [3.05, 3.63) is 52.2 Å².